The highest BCUT2D eigenvalue weighted by atomic mass is 19.4. The van der Waals surface area contributed by atoms with Crippen LogP contribution < -0.4 is 0 Å². The molecular weight excluding hydrogens is 181 g/mol. The van der Waals surface area contributed by atoms with Crippen LogP contribution in [-0.4, -0.2) is 12.8 Å². The minimum Gasteiger partial charge on any atom is -0.236 e. The summed E-state index contributed by atoms with van der Waals surface area (Å²) in [5, 5.41) is 10.7. The molecular formula is C9H14F3O. The van der Waals surface area contributed by atoms with Crippen LogP contribution in [0.5, 0.6) is 0 Å². The summed E-state index contributed by atoms with van der Waals surface area (Å²) >= 11 is 0. The minimum atomic E-state index is -4.07. The van der Waals surface area contributed by atoms with Gasteiger partial charge in [-0.05, 0) is 31.1 Å². The predicted octanol–water partition coefficient (Wildman–Crippen LogP) is 3.18. The van der Waals surface area contributed by atoms with Crippen molar-refractivity contribution < 1.29 is 18.3 Å². The summed E-state index contributed by atoms with van der Waals surface area (Å²) in [6.45, 7) is 1.53. The van der Waals surface area contributed by atoms with Gasteiger partial charge in [-0.2, -0.15) is 13.2 Å². The first kappa shape index (κ1) is 10.8. The molecule has 1 saturated carbocycles. The number of alkyl halides is 3. The lowest BCUT2D eigenvalue weighted by atomic mass is 9.72. The van der Waals surface area contributed by atoms with E-state index in [1.165, 1.54) is 0 Å². The zero-order chi connectivity index (χ0) is 10.1. The molecule has 0 N–H and O–H groups in total. The molecule has 0 saturated heterocycles. The molecule has 0 atom stereocenters. The highest BCUT2D eigenvalue weighted by Gasteiger charge is 2.44. The van der Waals surface area contributed by atoms with Gasteiger partial charge in [-0.1, -0.05) is 6.92 Å². The lowest BCUT2D eigenvalue weighted by Gasteiger charge is -2.35. The van der Waals surface area contributed by atoms with Crippen LogP contribution in [0.4, 0.5) is 13.2 Å². The summed E-state index contributed by atoms with van der Waals surface area (Å²) < 4.78 is 36.7. The molecule has 13 heavy (non-hydrogen) atoms. The molecule has 0 spiro atoms. The Morgan fingerprint density at radius 2 is 1.77 bits per heavy atom. The predicted molar refractivity (Wildman–Crippen MR) is 41.7 cm³/mol. The highest BCUT2D eigenvalue weighted by Crippen LogP contribution is 2.44. The molecule has 77 valence electrons. The van der Waals surface area contributed by atoms with Crippen molar-refractivity contribution in [2.24, 2.45) is 11.3 Å². The summed E-state index contributed by atoms with van der Waals surface area (Å²) in [5.74, 6) is -1.17. The lowest BCUT2D eigenvalue weighted by molar-refractivity contribution is -0.188. The van der Waals surface area contributed by atoms with E-state index in [4.69, 9.17) is 0 Å². The van der Waals surface area contributed by atoms with Crippen molar-refractivity contribution in [3.05, 3.63) is 0 Å². The molecule has 0 heterocycles. The third-order valence-corrected chi connectivity index (χ3v) is 3.00. The van der Waals surface area contributed by atoms with E-state index in [9.17, 15) is 18.3 Å². The zero-order valence-corrected chi connectivity index (χ0v) is 7.66. The average molecular weight is 195 g/mol. The minimum absolute atomic E-state index is 0.127. The largest absolute Gasteiger partial charge is 0.391 e. The Kier molecular flexibility index (Phi) is 2.90. The molecule has 1 rings (SSSR count). The van der Waals surface area contributed by atoms with Crippen molar-refractivity contribution >= 4 is 0 Å². The van der Waals surface area contributed by atoms with Crippen molar-refractivity contribution in [2.75, 3.05) is 6.61 Å². The third kappa shape index (κ3) is 2.59. The number of hydrogen-bond acceptors (Lipinski definition) is 0. The fourth-order valence-corrected chi connectivity index (χ4v) is 1.79. The summed E-state index contributed by atoms with van der Waals surface area (Å²) in [6.07, 6.45) is -2.98. The molecule has 0 aromatic rings. The summed E-state index contributed by atoms with van der Waals surface area (Å²) in [6, 6.07) is 0. The fraction of sp³-hybridized carbons (Fsp3) is 1.00. The number of rotatable bonds is 1. The molecule has 1 aliphatic carbocycles. The van der Waals surface area contributed by atoms with Crippen molar-refractivity contribution in [2.45, 2.75) is 38.8 Å². The van der Waals surface area contributed by atoms with Gasteiger partial charge in [-0.15, -0.1) is 0 Å². The van der Waals surface area contributed by atoms with Gasteiger partial charge in [0.25, 0.3) is 0 Å². The summed E-state index contributed by atoms with van der Waals surface area (Å²) in [4.78, 5) is 0. The molecule has 0 aromatic carbocycles. The second-order valence-electron chi connectivity index (χ2n) is 4.27. The molecule has 0 amide bonds. The van der Waals surface area contributed by atoms with Crippen LogP contribution in [0.3, 0.4) is 0 Å². The SMILES string of the molecule is CC1(C[O])CCC(C(F)(F)F)CC1. The summed E-state index contributed by atoms with van der Waals surface area (Å²) in [5.41, 5.74) is -0.387. The van der Waals surface area contributed by atoms with Crippen LogP contribution in [0.15, 0.2) is 0 Å². The zero-order valence-electron chi connectivity index (χ0n) is 7.66. The van der Waals surface area contributed by atoms with Gasteiger partial charge >= 0.3 is 6.18 Å². The maximum absolute atomic E-state index is 12.2. The van der Waals surface area contributed by atoms with Gasteiger partial charge in [0.1, 0.15) is 0 Å². The van der Waals surface area contributed by atoms with Crippen LogP contribution in [0.25, 0.3) is 0 Å². The molecule has 4 heteroatoms. The fourth-order valence-electron chi connectivity index (χ4n) is 1.79. The van der Waals surface area contributed by atoms with Gasteiger partial charge in [-0.3, -0.25) is 0 Å². The second kappa shape index (κ2) is 3.48. The molecule has 1 nitrogen and oxygen atoms in total. The first-order valence-electron chi connectivity index (χ1n) is 4.52. The molecule has 1 radical (unpaired) electrons. The van der Waals surface area contributed by atoms with Gasteiger partial charge in [0.05, 0.1) is 12.5 Å². The monoisotopic (exact) mass is 195 g/mol. The normalized spacial score (nSPS) is 36.2. The summed E-state index contributed by atoms with van der Waals surface area (Å²) in [7, 11) is 0. The highest BCUT2D eigenvalue weighted by molar-refractivity contribution is 4.84. The van der Waals surface area contributed by atoms with E-state index in [2.05, 4.69) is 0 Å². The Morgan fingerprint density at radius 1 is 1.31 bits per heavy atom. The van der Waals surface area contributed by atoms with E-state index in [-0.39, 0.29) is 24.9 Å². The topological polar surface area (TPSA) is 19.9 Å². The van der Waals surface area contributed by atoms with Crippen molar-refractivity contribution in [1.29, 1.82) is 0 Å². The van der Waals surface area contributed by atoms with Gasteiger partial charge in [-0.25, -0.2) is 5.11 Å². The first-order chi connectivity index (χ1) is 5.87. The number of hydrogen-bond donors (Lipinski definition) is 0. The standard InChI is InChI=1S/C9H14F3O/c1-8(6-13)4-2-7(3-5-8)9(10,11)12/h7H,2-6H2,1H3. The quantitative estimate of drug-likeness (QED) is 0.612. The van der Waals surface area contributed by atoms with Crippen molar-refractivity contribution in [3.63, 3.8) is 0 Å². The van der Waals surface area contributed by atoms with Gasteiger partial charge in [0.2, 0.25) is 0 Å². The second-order valence-corrected chi connectivity index (χ2v) is 4.27. The first-order valence-corrected chi connectivity index (χ1v) is 4.52. The third-order valence-electron chi connectivity index (χ3n) is 3.00. The number of halogens is 3. The maximum Gasteiger partial charge on any atom is 0.391 e. The van der Waals surface area contributed by atoms with Gasteiger partial charge < -0.3 is 0 Å². The van der Waals surface area contributed by atoms with Gasteiger partial charge in [0.15, 0.2) is 0 Å². The molecule has 0 aliphatic heterocycles. The Balaban J connectivity index is 2.48. The Hall–Kier alpha value is -0.250. The van der Waals surface area contributed by atoms with E-state index in [1.54, 1.807) is 6.92 Å². The van der Waals surface area contributed by atoms with E-state index in [1.807, 2.05) is 0 Å². The van der Waals surface area contributed by atoms with E-state index in [0.29, 0.717) is 12.8 Å². The van der Waals surface area contributed by atoms with Crippen LogP contribution in [0, 0.1) is 11.3 Å². The van der Waals surface area contributed by atoms with Crippen LogP contribution in [0.1, 0.15) is 32.6 Å². The maximum atomic E-state index is 12.2. The molecule has 0 bridgehead atoms. The van der Waals surface area contributed by atoms with Crippen molar-refractivity contribution in [1.82, 2.24) is 0 Å². The lowest BCUT2D eigenvalue weighted by Crippen LogP contribution is -2.33. The smallest absolute Gasteiger partial charge is 0.236 e. The molecule has 1 fully saturated rings. The van der Waals surface area contributed by atoms with E-state index in [0.717, 1.165) is 0 Å². The molecule has 1 aliphatic rings. The average Bonchev–Trinajstić information content (AvgIpc) is 2.04. The Labute approximate surface area is 75.9 Å². The van der Waals surface area contributed by atoms with Gasteiger partial charge in [0, 0.05) is 0 Å². The van der Waals surface area contributed by atoms with Crippen LogP contribution in [-0.2, 0) is 5.11 Å². The Morgan fingerprint density at radius 3 is 2.08 bits per heavy atom. The van der Waals surface area contributed by atoms with E-state index < -0.39 is 12.1 Å². The van der Waals surface area contributed by atoms with Crippen molar-refractivity contribution in [3.8, 4) is 0 Å². The van der Waals surface area contributed by atoms with Crippen LogP contribution >= 0.6 is 0 Å². The van der Waals surface area contributed by atoms with Crippen LogP contribution in [0.2, 0.25) is 0 Å². The van der Waals surface area contributed by atoms with E-state index >= 15 is 0 Å². The molecule has 0 unspecified atom stereocenters. The Bertz CT molecular complexity index is 168. The molecule has 0 aromatic heterocycles.